The quantitative estimate of drug-likeness (QED) is 0.519. The molecule has 0 aromatic heterocycles. The molecule has 0 unspecified atom stereocenters. The Morgan fingerprint density at radius 3 is 2.55 bits per heavy atom. The number of carbonyl (C=O) groups excluding carboxylic acids is 2. The minimum atomic E-state index is -0.799. The summed E-state index contributed by atoms with van der Waals surface area (Å²) in [5.74, 6) is 0. The molecule has 7 heteroatoms. The van der Waals surface area contributed by atoms with Crippen molar-refractivity contribution in [3.63, 3.8) is 0 Å². The van der Waals surface area contributed by atoms with E-state index in [1.165, 1.54) is 18.2 Å². The zero-order valence-corrected chi connectivity index (χ0v) is 11.4. The number of aldehydes is 1. The van der Waals surface area contributed by atoms with Crippen molar-refractivity contribution in [2.24, 2.45) is 0 Å². The number of nitrogens with one attached hydrogen (secondary N) is 1. The van der Waals surface area contributed by atoms with Crippen molar-refractivity contribution < 1.29 is 19.2 Å². The van der Waals surface area contributed by atoms with Crippen LogP contribution in [0.4, 0.5) is 16.2 Å². The maximum absolute atomic E-state index is 11.7. The molecule has 112 valence electrons. The Hall–Kier alpha value is -3.22. The van der Waals surface area contributed by atoms with E-state index in [1.54, 1.807) is 12.1 Å². The highest BCUT2D eigenvalue weighted by Gasteiger charge is 2.18. The molecule has 0 aliphatic carbocycles. The second kappa shape index (κ2) is 6.98. The Morgan fingerprint density at radius 1 is 1.18 bits per heavy atom. The molecule has 2 aromatic carbocycles. The zero-order valence-electron chi connectivity index (χ0n) is 11.4. The third-order valence-corrected chi connectivity index (χ3v) is 2.85. The van der Waals surface area contributed by atoms with Crippen LogP contribution in [0.1, 0.15) is 15.9 Å². The van der Waals surface area contributed by atoms with Gasteiger partial charge >= 0.3 is 6.09 Å². The number of nitro benzene ring substituents is 1. The first-order valence-electron chi connectivity index (χ1n) is 6.32. The van der Waals surface area contributed by atoms with Gasteiger partial charge in [-0.3, -0.25) is 20.2 Å². The van der Waals surface area contributed by atoms with Crippen LogP contribution in [-0.2, 0) is 11.3 Å². The van der Waals surface area contributed by atoms with Gasteiger partial charge in [0.1, 0.15) is 12.2 Å². The molecule has 0 heterocycles. The van der Waals surface area contributed by atoms with Crippen molar-refractivity contribution in [1.82, 2.24) is 0 Å². The number of ether oxygens (including phenoxy) is 1. The number of nitro groups is 1. The standard InChI is InChI=1S/C15H12N2O5/c18-9-12-13(7-4-8-14(12)17(20)21)16-15(19)22-10-11-5-2-1-3-6-11/h1-9H,10H2,(H,16,19). The number of hydrogen-bond acceptors (Lipinski definition) is 5. The summed E-state index contributed by atoms with van der Waals surface area (Å²) in [5.41, 5.74) is 0.245. The highest BCUT2D eigenvalue weighted by molar-refractivity contribution is 5.96. The van der Waals surface area contributed by atoms with Gasteiger partial charge in [-0.1, -0.05) is 36.4 Å². The molecule has 0 fully saturated rings. The van der Waals surface area contributed by atoms with Crippen molar-refractivity contribution in [3.8, 4) is 0 Å². The fourth-order valence-corrected chi connectivity index (χ4v) is 1.81. The lowest BCUT2D eigenvalue weighted by Crippen LogP contribution is -2.15. The lowest BCUT2D eigenvalue weighted by atomic mass is 10.1. The van der Waals surface area contributed by atoms with Gasteiger partial charge in [0, 0.05) is 6.07 Å². The molecular weight excluding hydrogens is 288 g/mol. The SMILES string of the molecule is O=Cc1c(NC(=O)OCc2ccccc2)cccc1[N+](=O)[O-]. The van der Waals surface area contributed by atoms with Crippen molar-refractivity contribution in [2.75, 3.05) is 5.32 Å². The minimum absolute atomic E-state index is 0.0299. The van der Waals surface area contributed by atoms with E-state index in [2.05, 4.69) is 5.32 Å². The molecule has 0 saturated heterocycles. The summed E-state index contributed by atoms with van der Waals surface area (Å²) >= 11 is 0. The molecule has 0 aliphatic rings. The predicted molar refractivity (Wildman–Crippen MR) is 78.7 cm³/mol. The molecule has 1 amide bonds. The third-order valence-electron chi connectivity index (χ3n) is 2.85. The van der Waals surface area contributed by atoms with E-state index < -0.39 is 11.0 Å². The lowest BCUT2D eigenvalue weighted by Gasteiger charge is -2.09. The molecule has 2 rings (SSSR count). The second-order valence-electron chi connectivity index (χ2n) is 4.30. The average Bonchev–Trinajstić information content (AvgIpc) is 2.53. The molecule has 0 saturated carbocycles. The van der Waals surface area contributed by atoms with Crippen LogP contribution >= 0.6 is 0 Å². The Balaban J connectivity index is 2.07. The molecule has 22 heavy (non-hydrogen) atoms. The van der Waals surface area contributed by atoms with E-state index in [-0.39, 0.29) is 23.5 Å². The summed E-state index contributed by atoms with van der Waals surface area (Å²) in [6.07, 6.45) is -0.474. The van der Waals surface area contributed by atoms with Gasteiger partial charge in [0.25, 0.3) is 5.69 Å². The molecule has 0 radical (unpaired) electrons. The molecule has 7 nitrogen and oxygen atoms in total. The molecule has 0 spiro atoms. The Morgan fingerprint density at radius 2 is 1.91 bits per heavy atom. The van der Waals surface area contributed by atoms with Crippen LogP contribution in [0.15, 0.2) is 48.5 Å². The number of nitrogens with zero attached hydrogens (tertiary/aromatic N) is 1. The van der Waals surface area contributed by atoms with Gasteiger partial charge in [0.05, 0.1) is 10.6 Å². The molecule has 0 atom stereocenters. The lowest BCUT2D eigenvalue weighted by molar-refractivity contribution is -0.385. The van der Waals surface area contributed by atoms with E-state index in [0.717, 1.165) is 5.56 Å². The van der Waals surface area contributed by atoms with Gasteiger partial charge < -0.3 is 4.74 Å². The summed E-state index contributed by atoms with van der Waals surface area (Å²) in [7, 11) is 0. The average molecular weight is 300 g/mol. The monoisotopic (exact) mass is 300 g/mol. The summed E-state index contributed by atoms with van der Waals surface area (Å²) < 4.78 is 5.00. The van der Waals surface area contributed by atoms with Gasteiger partial charge in [-0.2, -0.15) is 0 Å². The first-order valence-corrected chi connectivity index (χ1v) is 6.32. The second-order valence-corrected chi connectivity index (χ2v) is 4.30. The number of anilines is 1. The maximum atomic E-state index is 11.7. The van der Waals surface area contributed by atoms with E-state index >= 15 is 0 Å². The first kappa shape index (κ1) is 15.2. The number of benzene rings is 2. The summed E-state index contributed by atoms with van der Waals surface area (Å²) in [6.45, 7) is 0.0536. The highest BCUT2D eigenvalue weighted by Crippen LogP contribution is 2.24. The van der Waals surface area contributed by atoms with E-state index in [4.69, 9.17) is 4.74 Å². The van der Waals surface area contributed by atoms with Gasteiger partial charge in [-0.05, 0) is 11.6 Å². The Bertz CT molecular complexity index is 700. The topological polar surface area (TPSA) is 98.5 Å². The van der Waals surface area contributed by atoms with Crippen molar-refractivity contribution in [3.05, 3.63) is 69.8 Å². The first-order chi connectivity index (χ1) is 10.6. The fraction of sp³-hybridized carbons (Fsp3) is 0.0667. The van der Waals surface area contributed by atoms with Crippen LogP contribution in [0.3, 0.4) is 0 Å². The molecule has 0 bridgehead atoms. The van der Waals surface area contributed by atoms with E-state index in [9.17, 15) is 19.7 Å². The van der Waals surface area contributed by atoms with Gasteiger partial charge in [-0.15, -0.1) is 0 Å². The van der Waals surface area contributed by atoms with E-state index in [1.807, 2.05) is 18.2 Å². The van der Waals surface area contributed by atoms with Crippen LogP contribution in [0.25, 0.3) is 0 Å². The van der Waals surface area contributed by atoms with Gasteiger partial charge in [0.15, 0.2) is 6.29 Å². The van der Waals surface area contributed by atoms with Crippen LogP contribution in [0.5, 0.6) is 0 Å². The number of amides is 1. The Kier molecular flexibility index (Phi) is 4.81. The fourth-order valence-electron chi connectivity index (χ4n) is 1.81. The van der Waals surface area contributed by atoms with Crippen molar-refractivity contribution >= 4 is 23.8 Å². The molecular formula is C15H12N2O5. The zero-order chi connectivity index (χ0) is 15.9. The third kappa shape index (κ3) is 3.66. The van der Waals surface area contributed by atoms with Gasteiger partial charge in [-0.25, -0.2) is 4.79 Å². The normalized spacial score (nSPS) is 9.82. The van der Waals surface area contributed by atoms with Crippen LogP contribution in [0, 0.1) is 10.1 Å². The van der Waals surface area contributed by atoms with Crippen molar-refractivity contribution in [1.29, 1.82) is 0 Å². The summed E-state index contributed by atoms with van der Waals surface area (Å²) in [5, 5.41) is 13.2. The van der Waals surface area contributed by atoms with E-state index in [0.29, 0.717) is 6.29 Å². The summed E-state index contributed by atoms with van der Waals surface area (Å²) in [6, 6.07) is 13.0. The Labute approximate surface area is 125 Å². The van der Waals surface area contributed by atoms with Gasteiger partial charge in [0.2, 0.25) is 0 Å². The smallest absolute Gasteiger partial charge is 0.411 e. The van der Waals surface area contributed by atoms with Crippen LogP contribution in [-0.4, -0.2) is 17.3 Å². The molecule has 0 aliphatic heterocycles. The predicted octanol–water partition coefficient (Wildman–Crippen LogP) is 3.16. The largest absolute Gasteiger partial charge is 0.444 e. The van der Waals surface area contributed by atoms with Crippen molar-refractivity contribution in [2.45, 2.75) is 6.61 Å². The molecule has 2 aromatic rings. The maximum Gasteiger partial charge on any atom is 0.411 e. The number of carbonyl (C=O) groups is 2. The number of rotatable bonds is 5. The molecule has 1 N–H and O–H groups in total. The summed E-state index contributed by atoms with van der Waals surface area (Å²) in [4.78, 5) is 32.9. The minimum Gasteiger partial charge on any atom is -0.444 e. The number of hydrogen-bond donors (Lipinski definition) is 1. The van der Waals surface area contributed by atoms with Crippen LogP contribution < -0.4 is 5.32 Å². The van der Waals surface area contributed by atoms with Crippen LogP contribution in [0.2, 0.25) is 0 Å². The highest BCUT2D eigenvalue weighted by atomic mass is 16.6.